The Morgan fingerprint density at radius 3 is 2.42 bits per heavy atom. The van der Waals surface area contributed by atoms with Gasteiger partial charge >= 0.3 is 0 Å². The molecule has 0 spiro atoms. The summed E-state index contributed by atoms with van der Waals surface area (Å²) in [6.45, 7) is 6.63. The van der Waals surface area contributed by atoms with Gasteiger partial charge in [-0.1, -0.05) is 19.9 Å². The van der Waals surface area contributed by atoms with Crippen LogP contribution in [0.5, 0.6) is 0 Å². The lowest BCUT2D eigenvalue weighted by Crippen LogP contribution is -2.39. The van der Waals surface area contributed by atoms with Crippen molar-refractivity contribution in [3.8, 4) is 0 Å². The zero-order valence-electron chi connectivity index (χ0n) is 11.8. The molecule has 0 unspecified atom stereocenters. The molecule has 0 aromatic heterocycles. The molecule has 108 valence electrons. The molecule has 0 heterocycles. The van der Waals surface area contributed by atoms with Gasteiger partial charge in [-0.2, -0.15) is 0 Å². The molecule has 0 amide bonds. The van der Waals surface area contributed by atoms with E-state index in [9.17, 15) is 8.42 Å². The van der Waals surface area contributed by atoms with Crippen molar-refractivity contribution < 1.29 is 8.42 Å². The van der Waals surface area contributed by atoms with E-state index in [1.165, 1.54) is 4.31 Å². The largest absolute Gasteiger partial charge is 0.330 e. The standard InChI is InChI=1S/C13H21BrN2O2S/c1-10-5-6-12(11(14)7-10)19(17,18)16(4)9-13(2,3)8-15/h5-7H,8-9,15H2,1-4H3. The smallest absolute Gasteiger partial charge is 0.243 e. The molecule has 0 bridgehead atoms. The van der Waals surface area contributed by atoms with Crippen LogP contribution in [0, 0.1) is 12.3 Å². The first-order valence-corrected chi connectivity index (χ1v) is 8.26. The number of sulfonamides is 1. The maximum absolute atomic E-state index is 12.5. The highest BCUT2D eigenvalue weighted by Crippen LogP contribution is 2.27. The van der Waals surface area contributed by atoms with Gasteiger partial charge in [-0.25, -0.2) is 12.7 Å². The molecule has 0 aliphatic rings. The van der Waals surface area contributed by atoms with E-state index >= 15 is 0 Å². The van der Waals surface area contributed by atoms with Crippen LogP contribution in [-0.2, 0) is 10.0 Å². The fraction of sp³-hybridized carbons (Fsp3) is 0.538. The van der Waals surface area contributed by atoms with Gasteiger partial charge in [0.25, 0.3) is 0 Å². The SMILES string of the molecule is Cc1ccc(S(=O)(=O)N(C)CC(C)(C)CN)c(Br)c1. The predicted octanol–water partition coefficient (Wildman–Crippen LogP) is 2.36. The van der Waals surface area contributed by atoms with Crippen LogP contribution in [0.25, 0.3) is 0 Å². The molecule has 0 saturated heterocycles. The molecular weight excluding hydrogens is 328 g/mol. The first kappa shape index (κ1) is 16.6. The maximum Gasteiger partial charge on any atom is 0.243 e. The third-order valence-corrected chi connectivity index (χ3v) is 5.76. The van der Waals surface area contributed by atoms with Gasteiger partial charge in [0.05, 0.1) is 4.90 Å². The molecule has 4 nitrogen and oxygen atoms in total. The van der Waals surface area contributed by atoms with E-state index in [1.54, 1.807) is 25.2 Å². The lowest BCUT2D eigenvalue weighted by Gasteiger charge is -2.28. The van der Waals surface area contributed by atoms with Gasteiger partial charge in [0, 0.05) is 18.1 Å². The number of nitrogens with zero attached hydrogens (tertiary/aromatic N) is 1. The van der Waals surface area contributed by atoms with E-state index in [0.717, 1.165) is 5.56 Å². The molecule has 1 rings (SSSR count). The number of halogens is 1. The fourth-order valence-electron chi connectivity index (χ4n) is 1.74. The number of aryl methyl sites for hydroxylation is 1. The molecule has 0 fully saturated rings. The highest BCUT2D eigenvalue weighted by Gasteiger charge is 2.28. The second kappa shape index (κ2) is 5.91. The lowest BCUT2D eigenvalue weighted by atomic mass is 9.94. The third-order valence-electron chi connectivity index (χ3n) is 2.98. The highest BCUT2D eigenvalue weighted by molar-refractivity contribution is 9.10. The van der Waals surface area contributed by atoms with E-state index in [0.29, 0.717) is 17.6 Å². The summed E-state index contributed by atoms with van der Waals surface area (Å²) in [4.78, 5) is 0.286. The van der Waals surface area contributed by atoms with Crippen molar-refractivity contribution in [1.29, 1.82) is 0 Å². The van der Waals surface area contributed by atoms with Crippen molar-refractivity contribution in [2.24, 2.45) is 11.1 Å². The van der Waals surface area contributed by atoms with Crippen LogP contribution in [0.3, 0.4) is 0 Å². The molecule has 1 aromatic rings. The maximum atomic E-state index is 12.5. The van der Waals surface area contributed by atoms with Crippen LogP contribution in [0.15, 0.2) is 27.6 Å². The van der Waals surface area contributed by atoms with Gasteiger partial charge in [-0.05, 0) is 52.5 Å². The first-order valence-electron chi connectivity index (χ1n) is 6.03. The van der Waals surface area contributed by atoms with Crippen molar-refractivity contribution in [2.45, 2.75) is 25.7 Å². The summed E-state index contributed by atoms with van der Waals surface area (Å²) < 4.78 is 27.0. The summed E-state index contributed by atoms with van der Waals surface area (Å²) in [6, 6.07) is 5.22. The molecule has 6 heteroatoms. The Morgan fingerprint density at radius 2 is 1.95 bits per heavy atom. The normalized spacial score (nSPS) is 13.0. The molecule has 0 aliphatic carbocycles. The minimum atomic E-state index is -3.50. The molecular formula is C13H21BrN2O2S. The third kappa shape index (κ3) is 4.02. The molecule has 0 radical (unpaired) electrons. The predicted molar refractivity (Wildman–Crippen MR) is 81.5 cm³/mol. The Balaban J connectivity index is 3.10. The van der Waals surface area contributed by atoms with Crippen molar-refractivity contribution in [2.75, 3.05) is 20.1 Å². The van der Waals surface area contributed by atoms with Crippen LogP contribution >= 0.6 is 15.9 Å². The summed E-state index contributed by atoms with van der Waals surface area (Å²) in [5, 5.41) is 0. The van der Waals surface area contributed by atoms with Crippen LogP contribution in [0.4, 0.5) is 0 Å². The first-order chi connectivity index (χ1) is 8.60. The Labute approximate surface area is 124 Å². The number of rotatable bonds is 5. The second-order valence-corrected chi connectivity index (χ2v) is 8.43. The van der Waals surface area contributed by atoms with Gasteiger partial charge in [0.15, 0.2) is 0 Å². The Kier molecular flexibility index (Phi) is 5.17. The number of hydrogen-bond acceptors (Lipinski definition) is 3. The average Bonchev–Trinajstić information content (AvgIpc) is 2.27. The highest BCUT2D eigenvalue weighted by atomic mass is 79.9. The van der Waals surface area contributed by atoms with E-state index < -0.39 is 10.0 Å². The van der Waals surface area contributed by atoms with Crippen LogP contribution in [0.2, 0.25) is 0 Å². The minimum Gasteiger partial charge on any atom is -0.330 e. The average molecular weight is 349 g/mol. The Morgan fingerprint density at radius 1 is 1.37 bits per heavy atom. The van der Waals surface area contributed by atoms with Crippen molar-refractivity contribution in [1.82, 2.24) is 4.31 Å². The van der Waals surface area contributed by atoms with Gasteiger partial charge in [-0.3, -0.25) is 0 Å². The van der Waals surface area contributed by atoms with Crippen molar-refractivity contribution >= 4 is 26.0 Å². The van der Waals surface area contributed by atoms with Crippen molar-refractivity contribution in [3.05, 3.63) is 28.2 Å². The van der Waals surface area contributed by atoms with Crippen LogP contribution < -0.4 is 5.73 Å². The summed E-state index contributed by atoms with van der Waals surface area (Å²) in [6.07, 6.45) is 0. The zero-order chi connectivity index (χ0) is 14.8. The van der Waals surface area contributed by atoms with E-state index in [-0.39, 0.29) is 10.3 Å². The monoisotopic (exact) mass is 348 g/mol. The molecule has 0 aliphatic heterocycles. The quantitative estimate of drug-likeness (QED) is 0.888. The van der Waals surface area contributed by atoms with Crippen LogP contribution in [0.1, 0.15) is 19.4 Å². The summed E-state index contributed by atoms with van der Waals surface area (Å²) in [7, 11) is -1.92. The molecule has 2 N–H and O–H groups in total. The van der Waals surface area contributed by atoms with E-state index in [1.807, 2.05) is 20.8 Å². The second-order valence-electron chi connectivity index (χ2n) is 5.56. The zero-order valence-corrected chi connectivity index (χ0v) is 14.2. The summed E-state index contributed by atoms with van der Waals surface area (Å²) >= 11 is 3.32. The lowest BCUT2D eigenvalue weighted by molar-refractivity contribution is 0.292. The van der Waals surface area contributed by atoms with Gasteiger partial charge in [0.1, 0.15) is 0 Å². The number of nitrogens with two attached hydrogens (primary N) is 1. The molecule has 1 aromatic carbocycles. The Hall–Kier alpha value is -0.430. The molecule has 0 saturated carbocycles. The van der Waals surface area contributed by atoms with Gasteiger partial charge in [-0.15, -0.1) is 0 Å². The number of benzene rings is 1. The topological polar surface area (TPSA) is 63.4 Å². The van der Waals surface area contributed by atoms with Crippen LogP contribution in [-0.4, -0.2) is 32.9 Å². The van der Waals surface area contributed by atoms with Gasteiger partial charge < -0.3 is 5.73 Å². The van der Waals surface area contributed by atoms with E-state index in [2.05, 4.69) is 15.9 Å². The fourth-order valence-corrected chi connectivity index (χ4v) is 4.24. The van der Waals surface area contributed by atoms with E-state index in [4.69, 9.17) is 5.73 Å². The summed E-state index contributed by atoms with van der Waals surface area (Å²) in [5.41, 5.74) is 6.41. The number of hydrogen-bond donors (Lipinski definition) is 1. The molecule has 0 atom stereocenters. The summed E-state index contributed by atoms with van der Waals surface area (Å²) in [5.74, 6) is 0. The minimum absolute atomic E-state index is 0.251. The Bertz CT molecular complexity index is 556. The van der Waals surface area contributed by atoms with Gasteiger partial charge in [0.2, 0.25) is 10.0 Å². The van der Waals surface area contributed by atoms with Crippen molar-refractivity contribution in [3.63, 3.8) is 0 Å². The molecule has 19 heavy (non-hydrogen) atoms.